The van der Waals surface area contributed by atoms with E-state index in [1.165, 1.54) is 0 Å². The molecule has 1 aliphatic rings. The van der Waals surface area contributed by atoms with Crippen LogP contribution in [-0.4, -0.2) is 40.9 Å². The van der Waals surface area contributed by atoms with Gasteiger partial charge in [0.05, 0.1) is 5.71 Å². The molecule has 1 saturated heterocycles. The van der Waals surface area contributed by atoms with Gasteiger partial charge in [-0.05, 0) is 44.4 Å². The first-order valence-corrected chi connectivity index (χ1v) is 7.32. The van der Waals surface area contributed by atoms with Crippen molar-refractivity contribution in [2.75, 3.05) is 13.1 Å². The molecule has 0 bridgehead atoms. The number of nitrogens with zero attached hydrogens (tertiary/aromatic N) is 2. The first-order valence-electron chi connectivity index (χ1n) is 7.32. The van der Waals surface area contributed by atoms with Gasteiger partial charge in [-0.25, -0.2) is 0 Å². The van der Waals surface area contributed by atoms with Gasteiger partial charge in [0, 0.05) is 19.5 Å². The third kappa shape index (κ3) is 4.21. The fourth-order valence-corrected chi connectivity index (χ4v) is 2.47. The summed E-state index contributed by atoms with van der Waals surface area (Å²) in [6, 6.07) is 7.51. The highest BCUT2D eigenvalue weighted by Crippen LogP contribution is 2.17. The lowest BCUT2D eigenvalue weighted by Crippen LogP contribution is -2.38. The average Bonchev–Trinajstić information content (AvgIpc) is 3.02. The smallest absolute Gasteiger partial charge is 0.263 e. The highest BCUT2D eigenvalue weighted by atomic mass is 16.5. The fourth-order valence-electron chi connectivity index (χ4n) is 2.47. The Hall–Kier alpha value is -2.04. The fraction of sp³-hybridized carbons (Fsp3) is 0.500. The van der Waals surface area contributed by atoms with Crippen LogP contribution in [0.2, 0.25) is 0 Å². The van der Waals surface area contributed by atoms with Gasteiger partial charge in [0.25, 0.3) is 5.91 Å². The van der Waals surface area contributed by atoms with E-state index in [2.05, 4.69) is 5.16 Å². The number of carbonyl (C=O) groups excluding carboxylic acids is 1. The van der Waals surface area contributed by atoms with E-state index < -0.39 is 6.10 Å². The number of ether oxygens (including phenoxy) is 1. The highest BCUT2D eigenvalue weighted by molar-refractivity contribution is 5.83. The van der Waals surface area contributed by atoms with Crippen molar-refractivity contribution in [2.45, 2.75) is 39.2 Å². The van der Waals surface area contributed by atoms with Gasteiger partial charge in [0.1, 0.15) is 5.75 Å². The highest BCUT2D eigenvalue weighted by Gasteiger charge is 2.24. The van der Waals surface area contributed by atoms with Crippen molar-refractivity contribution in [3.05, 3.63) is 29.8 Å². The molecule has 5 nitrogen and oxygen atoms in total. The third-order valence-electron chi connectivity index (χ3n) is 3.63. The number of amides is 1. The summed E-state index contributed by atoms with van der Waals surface area (Å²) in [7, 11) is 0. The zero-order chi connectivity index (χ0) is 15.2. The Morgan fingerprint density at radius 2 is 1.95 bits per heavy atom. The molecule has 0 aliphatic carbocycles. The Kier molecular flexibility index (Phi) is 5.20. The van der Waals surface area contributed by atoms with Gasteiger partial charge in [-0.3, -0.25) is 4.79 Å². The summed E-state index contributed by atoms with van der Waals surface area (Å²) in [4.78, 5) is 14.0. The molecular formula is C16H22N2O3. The van der Waals surface area contributed by atoms with Crippen molar-refractivity contribution >= 4 is 11.6 Å². The lowest BCUT2D eigenvalue weighted by molar-refractivity contribution is -0.136. The van der Waals surface area contributed by atoms with Crippen LogP contribution in [0.1, 0.15) is 32.3 Å². The molecule has 1 amide bonds. The van der Waals surface area contributed by atoms with Gasteiger partial charge in [-0.15, -0.1) is 0 Å². The summed E-state index contributed by atoms with van der Waals surface area (Å²) in [5, 5.41) is 11.8. The SMILES string of the molecule is C/C(Cc1ccc(OC(C)C(=O)N2CCCC2)cc1)=N\O. The molecule has 5 heteroatoms. The predicted octanol–water partition coefficient (Wildman–Crippen LogP) is 2.47. The van der Waals surface area contributed by atoms with Crippen molar-refractivity contribution in [3.8, 4) is 5.75 Å². The quantitative estimate of drug-likeness (QED) is 0.515. The van der Waals surface area contributed by atoms with E-state index in [4.69, 9.17) is 9.94 Å². The van der Waals surface area contributed by atoms with Crippen LogP contribution < -0.4 is 4.74 Å². The summed E-state index contributed by atoms with van der Waals surface area (Å²) in [5.74, 6) is 0.734. The Labute approximate surface area is 125 Å². The Morgan fingerprint density at radius 3 is 2.52 bits per heavy atom. The number of benzene rings is 1. The molecule has 21 heavy (non-hydrogen) atoms. The molecule has 0 aromatic heterocycles. The van der Waals surface area contributed by atoms with Crippen LogP contribution in [0.5, 0.6) is 5.75 Å². The van der Waals surface area contributed by atoms with Gasteiger partial charge in [0.15, 0.2) is 6.10 Å². The number of oxime groups is 1. The zero-order valence-corrected chi connectivity index (χ0v) is 12.6. The monoisotopic (exact) mass is 290 g/mol. The Bertz CT molecular complexity index is 505. The summed E-state index contributed by atoms with van der Waals surface area (Å²) in [6.45, 7) is 5.23. The predicted molar refractivity (Wildman–Crippen MR) is 80.9 cm³/mol. The standard InChI is InChI=1S/C16H22N2O3/c1-12(17-20)11-14-5-7-15(8-6-14)21-13(2)16(19)18-9-3-4-10-18/h5-8,13,20H,3-4,9-11H2,1-2H3/b17-12+. The van der Waals surface area contributed by atoms with Crippen molar-refractivity contribution in [2.24, 2.45) is 5.16 Å². The molecule has 1 aromatic carbocycles. The maximum Gasteiger partial charge on any atom is 0.263 e. The molecule has 1 aromatic rings. The zero-order valence-electron chi connectivity index (χ0n) is 12.6. The molecule has 1 fully saturated rings. The van der Waals surface area contributed by atoms with Crippen molar-refractivity contribution in [1.82, 2.24) is 4.90 Å². The molecule has 1 N–H and O–H groups in total. The molecule has 1 aliphatic heterocycles. The molecule has 2 rings (SSSR count). The van der Waals surface area contributed by atoms with Gasteiger partial charge in [-0.1, -0.05) is 17.3 Å². The van der Waals surface area contributed by atoms with Crippen LogP contribution in [0.25, 0.3) is 0 Å². The third-order valence-corrected chi connectivity index (χ3v) is 3.63. The van der Waals surface area contributed by atoms with E-state index in [0.29, 0.717) is 17.9 Å². The van der Waals surface area contributed by atoms with E-state index in [1.807, 2.05) is 29.2 Å². The molecule has 1 unspecified atom stereocenters. The first kappa shape index (κ1) is 15.4. The van der Waals surface area contributed by atoms with E-state index >= 15 is 0 Å². The summed E-state index contributed by atoms with van der Waals surface area (Å²) < 4.78 is 5.70. The van der Waals surface area contributed by atoms with Crippen LogP contribution >= 0.6 is 0 Å². The van der Waals surface area contributed by atoms with Gasteiger partial charge < -0.3 is 14.8 Å². The maximum absolute atomic E-state index is 12.2. The van der Waals surface area contributed by atoms with Crippen molar-refractivity contribution < 1.29 is 14.7 Å². The molecule has 1 heterocycles. The van der Waals surface area contributed by atoms with E-state index in [9.17, 15) is 4.79 Å². The van der Waals surface area contributed by atoms with Crippen LogP contribution in [0.3, 0.4) is 0 Å². The van der Waals surface area contributed by atoms with Crippen LogP contribution in [0.15, 0.2) is 29.4 Å². The lowest BCUT2D eigenvalue weighted by atomic mass is 10.1. The van der Waals surface area contributed by atoms with Crippen molar-refractivity contribution in [3.63, 3.8) is 0 Å². The number of hydrogen-bond donors (Lipinski definition) is 1. The average molecular weight is 290 g/mol. The minimum atomic E-state index is -0.463. The minimum absolute atomic E-state index is 0.0554. The van der Waals surface area contributed by atoms with Gasteiger partial charge >= 0.3 is 0 Å². The van der Waals surface area contributed by atoms with Gasteiger partial charge in [-0.2, -0.15) is 0 Å². The summed E-state index contributed by atoms with van der Waals surface area (Å²) >= 11 is 0. The Balaban J connectivity index is 1.91. The number of likely N-dealkylation sites (tertiary alicyclic amines) is 1. The largest absolute Gasteiger partial charge is 0.481 e. The van der Waals surface area contributed by atoms with E-state index in [1.54, 1.807) is 13.8 Å². The summed E-state index contributed by atoms with van der Waals surface area (Å²) in [5.41, 5.74) is 1.69. The van der Waals surface area contributed by atoms with Crippen LogP contribution in [0.4, 0.5) is 0 Å². The van der Waals surface area contributed by atoms with E-state index in [0.717, 1.165) is 31.5 Å². The normalized spacial score (nSPS) is 16.9. The number of carbonyl (C=O) groups is 1. The molecule has 114 valence electrons. The van der Waals surface area contributed by atoms with E-state index in [-0.39, 0.29) is 5.91 Å². The second-order valence-corrected chi connectivity index (χ2v) is 5.45. The molecule has 1 atom stereocenters. The topological polar surface area (TPSA) is 62.1 Å². The summed E-state index contributed by atoms with van der Waals surface area (Å²) in [6.07, 6.45) is 2.30. The Morgan fingerprint density at radius 1 is 1.33 bits per heavy atom. The minimum Gasteiger partial charge on any atom is -0.481 e. The van der Waals surface area contributed by atoms with Crippen LogP contribution in [-0.2, 0) is 11.2 Å². The molecule has 0 saturated carbocycles. The first-order chi connectivity index (χ1) is 10.1. The molecule has 0 radical (unpaired) electrons. The second kappa shape index (κ2) is 7.11. The molecule has 0 spiro atoms. The number of hydrogen-bond acceptors (Lipinski definition) is 4. The van der Waals surface area contributed by atoms with Crippen LogP contribution in [0, 0.1) is 0 Å². The van der Waals surface area contributed by atoms with Crippen molar-refractivity contribution in [1.29, 1.82) is 0 Å². The molecular weight excluding hydrogens is 268 g/mol. The second-order valence-electron chi connectivity index (χ2n) is 5.45. The number of rotatable bonds is 5. The lowest BCUT2D eigenvalue weighted by Gasteiger charge is -2.21. The van der Waals surface area contributed by atoms with Gasteiger partial charge in [0.2, 0.25) is 0 Å². The maximum atomic E-state index is 12.2.